The lowest BCUT2D eigenvalue weighted by Gasteiger charge is -2.05. The summed E-state index contributed by atoms with van der Waals surface area (Å²) in [6.45, 7) is 3.43. The zero-order valence-electron chi connectivity index (χ0n) is 6.67. The van der Waals surface area contributed by atoms with E-state index in [2.05, 4.69) is 6.58 Å². The van der Waals surface area contributed by atoms with Crippen molar-refractivity contribution in [3.05, 3.63) is 30.1 Å². The van der Waals surface area contributed by atoms with Gasteiger partial charge in [-0.15, -0.1) is 0 Å². The first-order valence-corrected chi connectivity index (χ1v) is 3.38. The summed E-state index contributed by atoms with van der Waals surface area (Å²) in [4.78, 5) is 0. The maximum absolute atomic E-state index is 12.7. The smallest absolute Gasteiger partial charge is 0.165 e. The first kappa shape index (κ1) is 8.59. The molecule has 0 bridgehead atoms. The Kier molecular flexibility index (Phi) is 2.33. The van der Waals surface area contributed by atoms with Crippen molar-refractivity contribution in [2.24, 2.45) is 0 Å². The average Bonchev–Trinajstić information content (AvgIpc) is 2.08. The van der Waals surface area contributed by atoms with E-state index in [0.717, 1.165) is 6.07 Å². The van der Waals surface area contributed by atoms with Gasteiger partial charge < -0.3 is 9.84 Å². The Labute approximate surface area is 69.9 Å². The molecule has 0 aliphatic heterocycles. The van der Waals surface area contributed by atoms with Gasteiger partial charge in [0.15, 0.2) is 11.5 Å². The molecule has 0 aliphatic rings. The Morgan fingerprint density at radius 3 is 2.75 bits per heavy atom. The summed E-state index contributed by atoms with van der Waals surface area (Å²) in [6, 6.07) is 2.30. The van der Waals surface area contributed by atoms with Crippen LogP contribution in [0.2, 0.25) is 0 Å². The topological polar surface area (TPSA) is 29.5 Å². The van der Waals surface area contributed by atoms with Crippen molar-refractivity contribution in [1.82, 2.24) is 0 Å². The Bertz CT molecular complexity index is 308. The third-order valence-electron chi connectivity index (χ3n) is 1.51. The van der Waals surface area contributed by atoms with Crippen LogP contribution in [-0.2, 0) is 0 Å². The second-order valence-electron chi connectivity index (χ2n) is 2.25. The molecule has 0 aliphatic carbocycles. The van der Waals surface area contributed by atoms with E-state index in [9.17, 15) is 9.50 Å². The van der Waals surface area contributed by atoms with Gasteiger partial charge in [-0.25, -0.2) is 4.39 Å². The molecule has 0 fully saturated rings. The van der Waals surface area contributed by atoms with Crippen LogP contribution in [0.5, 0.6) is 11.5 Å². The van der Waals surface area contributed by atoms with Crippen molar-refractivity contribution in [1.29, 1.82) is 0 Å². The minimum absolute atomic E-state index is 0.0890. The predicted molar refractivity (Wildman–Crippen MR) is 44.7 cm³/mol. The summed E-state index contributed by atoms with van der Waals surface area (Å²) in [5.74, 6) is -0.432. The molecule has 12 heavy (non-hydrogen) atoms. The summed E-state index contributed by atoms with van der Waals surface area (Å²) in [6.07, 6.45) is 1.36. The van der Waals surface area contributed by atoms with Gasteiger partial charge in [-0.2, -0.15) is 0 Å². The molecule has 0 aromatic heterocycles. The second kappa shape index (κ2) is 3.26. The zero-order chi connectivity index (χ0) is 9.14. The van der Waals surface area contributed by atoms with Gasteiger partial charge in [0.1, 0.15) is 5.82 Å². The fourth-order valence-electron chi connectivity index (χ4n) is 0.906. The molecule has 1 N–H and O–H groups in total. The van der Waals surface area contributed by atoms with Gasteiger partial charge in [-0.1, -0.05) is 12.7 Å². The van der Waals surface area contributed by atoms with Crippen molar-refractivity contribution in [3.63, 3.8) is 0 Å². The van der Waals surface area contributed by atoms with Crippen LogP contribution in [0.4, 0.5) is 4.39 Å². The minimum atomic E-state index is -0.459. The van der Waals surface area contributed by atoms with Gasteiger partial charge in [0, 0.05) is 11.6 Å². The average molecular weight is 168 g/mol. The molecule has 1 rings (SSSR count). The lowest BCUT2D eigenvalue weighted by molar-refractivity contribution is 0.369. The quantitative estimate of drug-likeness (QED) is 0.733. The van der Waals surface area contributed by atoms with E-state index < -0.39 is 5.82 Å². The van der Waals surface area contributed by atoms with E-state index in [-0.39, 0.29) is 11.5 Å². The molecule has 0 atom stereocenters. The van der Waals surface area contributed by atoms with Crippen molar-refractivity contribution in [2.75, 3.05) is 7.11 Å². The standard InChI is InChI=1S/C9H9FO2/c1-3-6-4-7(10)5-8(12-2)9(6)11/h3-5,11H,1H2,2H3. The van der Waals surface area contributed by atoms with Crippen LogP contribution in [0.1, 0.15) is 5.56 Å². The SMILES string of the molecule is C=Cc1cc(F)cc(OC)c1O. The Morgan fingerprint density at radius 1 is 1.58 bits per heavy atom. The molecule has 0 saturated carbocycles. The molecular weight excluding hydrogens is 159 g/mol. The summed E-state index contributed by atoms with van der Waals surface area (Å²) < 4.78 is 17.5. The highest BCUT2D eigenvalue weighted by Gasteiger charge is 2.07. The zero-order valence-corrected chi connectivity index (χ0v) is 6.67. The van der Waals surface area contributed by atoms with Crippen LogP contribution >= 0.6 is 0 Å². The summed E-state index contributed by atoms with van der Waals surface area (Å²) in [7, 11) is 1.36. The monoisotopic (exact) mass is 168 g/mol. The highest BCUT2D eigenvalue weighted by molar-refractivity contribution is 5.60. The number of rotatable bonds is 2. The van der Waals surface area contributed by atoms with Crippen LogP contribution in [0.25, 0.3) is 6.08 Å². The number of ether oxygens (including phenoxy) is 1. The van der Waals surface area contributed by atoms with Gasteiger partial charge in [0.05, 0.1) is 7.11 Å². The molecule has 64 valence electrons. The second-order valence-corrected chi connectivity index (χ2v) is 2.25. The third kappa shape index (κ3) is 1.39. The van der Waals surface area contributed by atoms with Crippen molar-refractivity contribution in [3.8, 4) is 11.5 Å². The number of hydrogen-bond acceptors (Lipinski definition) is 2. The highest BCUT2D eigenvalue weighted by atomic mass is 19.1. The first-order valence-electron chi connectivity index (χ1n) is 3.38. The number of hydrogen-bond donors (Lipinski definition) is 1. The normalized spacial score (nSPS) is 9.50. The van der Waals surface area contributed by atoms with E-state index in [1.54, 1.807) is 0 Å². The Hall–Kier alpha value is -1.51. The van der Waals surface area contributed by atoms with Crippen LogP contribution < -0.4 is 4.74 Å². The fraction of sp³-hybridized carbons (Fsp3) is 0.111. The summed E-state index contributed by atoms with van der Waals surface area (Å²) >= 11 is 0. The van der Waals surface area contributed by atoms with E-state index in [0.29, 0.717) is 5.56 Å². The van der Waals surface area contributed by atoms with E-state index in [1.165, 1.54) is 19.3 Å². The molecule has 2 nitrogen and oxygen atoms in total. The molecule has 0 radical (unpaired) electrons. The van der Waals surface area contributed by atoms with Gasteiger partial charge >= 0.3 is 0 Å². The molecule has 0 spiro atoms. The summed E-state index contributed by atoms with van der Waals surface area (Å²) in [5.41, 5.74) is 0.326. The first-order chi connectivity index (χ1) is 5.69. The number of phenolic OH excluding ortho intramolecular Hbond substituents is 1. The number of phenols is 1. The van der Waals surface area contributed by atoms with Crippen LogP contribution in [-0.4, -0.2) is 12.2 Å². The summed E-state index contributed by atoms with van der Waals surface area (Å²) in [5, 5.41) is 9.35. The lowest BCUT2D eigenvalue weighted by Crippen LogP contribution is -1.87. The number of methoxy groups -OCH3 is 1. The predicted octanol–water partition coefficient (Wildman–Crippen LogP) is 2.18. The highest BCUT2D eigenvalue weighted by Crippen LogP contribution is 2.31. The Balaban J connectivity index is 3.31. The van der Waals surface area contributed by atoms with E-state index in [4.69, 9.17) is 4.74 Å². The van der Waals surface area contributed by atoms with E-state index in [1.807, 2.05) is 0 Å². The molecule has 0 amide bonds. The van der Waals surface area contributed by atoms with Gasteiger partial charge in [0.2, 0.25) is 0 Å². The molecule has 1 aromatic carbocycles. The maximum Gasteiger partial charge on any atom is 0.165 e. The van der Waals surface area contributed by atoms with Crippen LogP contribution in [0, 0.1) is 5.82 Å². The van der Waals surface area contributed by atoms with Crippen molar-refractivity contribution in [2.45, 2.75) is 0 Å². The van der Waals surface area contributed by atoms with E-state index >= 15 is 0 Å². The number of aromatic hydroxyl groups is 1. The lowest BCUT2D eigenvalue weighted by atomic mass is 10.2. The maximum atomic E-state index is 12.7. The number of benzene rings is 1. The van der Waals surface area contributed by atoms with Gasteiger partial charge in [0.25, 0.3) is 0 Å². The molecule has 1 aromatic rings. The van der Waals surface area contributed by atoms with Gasteiger partial charge in [-0.05, 0) is 6.07 Å². The molecule has 3 heteroatoms. The van der Waals surface area contributed by atoms with Crippen molar-refractivity contribution < 1.29 is 14.2 Å². The largest absolute Gasteiger partial charge is 0.504 e. The Morgan fingerprint density at radius 2 is 2.25 bits per heavy atom. The molecular formula is C9H9FO2. The number of halogens is 1. The third-order valence-corrected chi connectivity index (χ3v) is 1.51. The molecule has 0 heterocycles. The fourth-order valence-corrected chi connectivity index (χ4v) is 0.906. The van der Waals surface area contributed by atoms with Crippen LogP contribution in [0.15, 0.2) is 18.7 Å². The van der Waals surface area contributed by atoms with Gasteiger partial charge in [-0.3, -0.25) is 0 Å². The molecule has 0 saturated heterocycles. The van der Waals surface area contributed by atoms with Crippen molar-refractivity contribution >= 4 is 6.08 Å². The van der Waals surface area contributed by atoms with Crippen LogP contribution in [0.3, 0.4) is 0 Å². The molecule has 0 unspecified atom stereocenters. The minimum Gasteiger partial charge on any atom is -0.504 e.